The van der Waals surface area contributed by atoms with Gasteiger partial charge in [0.25, 0.3) is 0 Å². The average Bonchev–Trinajstić information content (AvgIpc) is 2.26. The highest BCUT2D eigenvalue weighted by atomic mass is 32.2. The number of amides is 1. The third-order valence-electron chi connectivity index (χ3n) is 2.61. The molecule has 1 amide bonds. The first-order chi connectivity index (χ1) is 7.95. The van der Waals surface area contributed by atoms with Crippen LogP contribution in [0.3, 0.4) is 0 Å². The smallest absolute Gasteiger partial charge is 0.233 e. The van der Waals surface area contributed by atoms with Gasteiger partial charge in [0.2, 0.25) is 5.91 Å². The zero-order valence-electron chi connectivity index (χ0n) is 11.0. The predicted molar refractivity (Wildman–Crippen MR) is 70.2 cm³/mol. The van der Waals surface area contributed by atoms with Crippen LogP contribution in [-0.4, -0.2) is 27.7 Å². The van der Waals surface area contributed by atoms with Crippen LogP contribution in [0.2, 0.25) is 0 Å². The molecule has 0 unspecified atom stereocenters. The van der Waals surface area contributed by atoms with Gasteiger partial charge in [-0.3, -0.25) is 4.79 Å². The molecule has 0 spiro atoms. The van der Waals surface area contributed by atoms with Crippen LogP contribution in [0, 0.1) is 20.8 Å². The van der Waals surface area contributed by atoms with E-state index in [1.807, 2.05) is 34.6 Å². The van der Waals surface area contributed by atoms with E-state index in [2.05, 4.69) is 15.3 Å². The van der Waals surface area contributed by atoms with Crippen LogP contribution >= 0.6 is 11.8 Å². The summed E-state index contributed by atoms with van der Waals surface area (Å²) in [5, 5.41) is 3.29. The molecule has 94 valence electrons. The van der Waals surface area contributed by atoms with Crippen LogP contribution in [0.15, 0.2) is 5.16 Å². The van der Waals surface area contributed by atoms with Crippen molar-refractivity contribution in [3.63, 3.8) is 0 Å². The fraction of sp³-hybridized carbons (Fsp3) is 0.583. The van der Waals surface area contributed by atoms with Crippen molar-refractivity contribution in [2.75, 3.05) is 6.54 Å². The predicted octanol–water partition coefficient (Wildman–Crippen LogP) is 2.02. The van der Waals surface area contributed by atoms with Gasteiger partial charge in [-0.2, -0.15) is 0 Å². The molecule has 1 aromatic heterocycles. The lowest BCUT2D eigenvalue weighted by molar-refractivity contribution is -0.120. The highest BCUT2D eigenvalue weighted by Crippen LogP contribution is 2.21. The molecule has 0 aliphatic carbocycles. The zero-order chi connectivity index (χ0) is 13.0. The van der Waals surface area contributed by atoms with Gasteiger partial charge in [-0.15, -0.1) is 0 Å². The second-order valence-corrected chi connectivity index (χ2v) is 5.26. The summed E-state index contributed by atoms with van der Waals surface area (Å²) in [4.78, 5) is 20.4. The molecule has 1 rings (SSSR count). The van der Waals surface area contributed by atoms with Crippen molar-refractivity contribution in [2.24, 2.45) is 0 Å². The van der Waals surface area contributed by atoms with Gasteiger partial charge in [0, 0.05) is 17.9 Å². The molecule has 1 heterocycles. The van der Waals surface area contributed by atoms with E-state index < -0.39 is 0 Å². The van der Waals surface area contributed by atoms with Crippen LogP contribution in [-0.2, 0) is 4.79 Å². The molecule has 0 aromatic carbocycles. The summed E-state index contributed by atoms with van der Waals surface area (Å²) in [7, 11) is 0. The molecule has 4 nitrogen and oxygen atoms in total. The molecule has 0 fully saturated rings. The quantitative estimate of drug-likeness (QED) is 0.659. The fourth-order valence-corrected chi connectivity index (χ4v) is 2.21. The Morgan fingerprint density at radius 2 is 1.82 bits per heavy atom. The summed E-state index contributed by atoms with van der Waals surface area (Å²) >= 11 is 1.39. The highest BCUT2D eigenvalue weighted by molar-refractivity contribution is 8.00. The largest absolute Gasteiger partial charge is 0.355 e. The first kappa shape index (κ1) is 14.0. The standard InChI is InChI=1S/C12H19N3OS/c1-6-13-11(16)10(5)17-12-14-8(3)7(2)9(4)15-12/h10H,6H2,1-5H3,(H,13,16)/t10-/m0/s1. The van der Waals surface area contributed by atoms with Crippen LogP contribution < -0.4 is 5.32 Å². The van der Waals surface area contributed by atoms with Gasteiger partial charge in [0.1, 0.15) is 0 Å². The van der Waals surface area contributed by atoms with Gasteiger partial charge in [-0.25, -0.2) is 9.97 Å². The first-order valence-corrected chi connectivity index (χ1v) is 6.59. The minimum atomic E-state index is -0.170. The second kappa shape index (κ2) is 6.00. The minimum absolute atomic E-state index is 0.0250. The number of carbonyl (C=O) groups is 1. The van der Waals surface area contributed by atoms with E-state index in [1.54, 1.807) is 0 Å². The van der Waals surface area contributed by atoms with Crippen molar-refractivity contribution >= 4 is 17.7 Å². The lowest BCUT2D eigenvalue weighted by Crippen LogP contribution is -2.30. The summed E-state index contributed by atoms with van der Waals surface area (Å²) in [5.74, 6) is 0.0250. The molecule has 0 saturated carbocycles. The Hall–Kier alpha value is -1.10. The third-order valence-corrected chi connectivity index (χ3v) is 3.58. The van der Waals surface area contributed by atoms with E-state index in [4.69, 9.17) is 0 Å². The minimum Gasteiger partial charge on any atom is -0.355 e. The first-order valence-electron chi connectivity index (χ1n) is 5.72. The molecule has 0 aliphatic heterocycles. The van der Waals surface area contributed by atoms with Crippen molar-refractivity contribution in [2.45, 2.75) is 45.0 Å². The number of hydrogen-bond acceptors (Lipinski definition) is 4. The van der Waals surface area contributed by atoms with Gasteiger partial charge in [0.05, 0.1) is 5.25 Å². The van der Waals surface area contributed by atoms with Crippen molar-refractivity contribution in [1.29, 1.82) is 0 Å². The topological polar surface area (TPSA) is 54.9 Å². The van der Waals surface area contributed by atoms with E-state index in [9.17, 15) is 4.79 Å². The number of rotatable bonds is 4. The van der Waals surface area contributed by atoms with Crippen LogP contribution in [0.4, 0.5) is 0 Å². The van der Waals surface area contributed by atoms with E-state index in [0.717, 1.165) is 17.0 Å². The summed E-state index contributed by atoms with van der Waals surface area (Å²) < 4.78 is 0. The van der Waals surface area contributed by atoms with Crippen molar-refractivity contribution in [3.05, 3.63) is 17.0 Å². The summed E-state index contributed by atoms with van der Waals surface area (Å²) in [6.07, 6.45) is 0. The molecule has 1 N–H and O–H groups in total. The number of nitrogens with one attached hydrogen (secondary N) is 1. The molecule has 1 atom stereocenters. The number of aromatic nitrogens is 2. The van der Waals surface area contributed by atoms with E-state index >= 15 is 0 Å². The van der Waals surface area contributed by atoms with Gasteiger partial charge in [0.15, 0.2) is 5.16 Å². The second-order valence-electron chi connectivity index (χ2n) is 3.96. The molecule has 17 heavy (non-hydrogen) atoms. The number of hydrogen-bond donors (Lipinski definition) is 1. The Kier molecular flexibility index (Phi) is 4.93. The van der Waals surface area contributed by atoms with Crippen LogP contribution in [0.5, 0.6) is 0 Å². The molecule has 5 heteroatoms. The Balaban J connectivity index is 2.78. The Bertz CT molecular complexity index is 397. The monoisotopic (exact) mass is 253 g/mol. The number of nitrogens with zero attached hydrogens (tertiary/aromatic N) is 2. The van der Waals surface area contributed by atoms with Crippen molar-refractivity contribution < 1.29 is 4.79 Å². The Morgan fingerprint density at radius 3 is 2.29 bits per heavy atom. The van der Waals surface area contributed by atoms with Crippen molar-refractivity contribution in [1.82, 2.24) is 15.3 Å². The van der Waals surface area contributed by atoms with Gasteiger partial charge in [-0.1, -0.05) is 11.8 Å². The Morgan fingerprint density at radius 1 is 1.29 bits per heavy atom. The number of aryl methyl sites for hydroxylation is 2. The van der Waals surface area contributed by atoms with Gasteiger partial charge >= 0.3 is 0 Å². The van der Waals surface area contributed by atoms with E-state index in [1.165, 1.54) is 11.8 Å². The van der Waals surface area contributed by atoms with Gasteiger partial charge < -0.3 is 5.32 Å². The van der Waals surface area contributed by atoms with Gasteiger partial charge in [-0.05, 0) is 40.2 Å². The molecular formula is C12H19N3OS. The number of carbonyl (C=O) groups excluding carboxylic acids is 1. The molecule has 1 aromatic rings. The normalized spacial score (nSPS) is 12.3. The van der Waals surface area contributed by atoms with E-state index in [0.29, 0.717) is 11.7 Å². The Labute approximate surface area is 107 Å². The molecule has 0 radical (unpaired) electrons. The number of thioether (sulfide) groups is 1. The fourth-order valence-electron chi connectivity index (χ4n) is 1.32. The van der Waals surface area contributed by atoms with Crippen molar-refractivity contribution in [3.8, 4) is 0 Å². The zero-order valence-corrected chi connectivity index (χ0v) is 11.8. The molecular weight excluding hydrogens is 234 g/mol. The SMILES string of the molecule is CCNC(=O)[C@H](C)Sc1nc(C)c(C)c(C)n1. The average molecular weight is 253 g/mol. The molecule has 0 saturated heterocycles. The third kappa shape index (κ3) is 3.70. The lowest BCUT2D eigenvalue weighted by atomic mass is 10.2. The highest BCUT2D eigenvalue weighted by Gasteiger charge is 2.15. The maximum atomic E-state index is 11.6. The summed E-state index contributed by atoms with van der Waals surface area (Å²) in [6, 6.07) is 0. The molecule has 0 aliphatic rings. The maximum absolute atomic E-state index is 11.6. The maximum Gasteiger partial charge on any atom is 0.233 e. The van der Waals surface area contributed by atoms with Crippen LogP contribution in [0.25, 0.3) is 0 Å². The molecule has 0 bridgehead atoms. The lowest BCUT2D eigenvalue weighted by Gasteiger charge is -2.11. The summed E-state index contributed by atoms with van der Waals surface area (Å²) in [5.41, 5.74) is 3.06. The van der Waals surface area contributed by atoms with Crippen LogP contribution in [0.1, 0.15) is 30.8 Å². The summed E-state index contributed by atoms with van der Waals surface area (Å²) in [6.45, 7) is 10.4. The van der Waals surface area contributed by atoms with E-state index in [-0.39, 0.29) is 11.2 Å².